The minimum Gasteiger partial charge on any atom is -0.302 e. The van der Waals surface area contributed by atoms with E-state index in [1.165, 1.54) is 6.07 Å². The maximum Gasteiger partial charge on any atom is 0.128 e. The van der Waals surface area contributed by atoms with Gasteiger partial charge in [-0.25, -0.2) is 8.78 Å². The number of rotatable bonds is 4. The van der Waals surface area contributed by atoms with Crippen LogP contribution in [0.25, 0.3) is 0 Å². The maximum atomic E-state index is 13.7. The fraction of sp³-hybridized carbons (Fsp3) is 0.333. The van der Waals surface area contributed by atoms with Crippen LogP contribution in [0.3, 0.4) is 0 Å². The number of hydrogen-bond donors (Lipinski definition) is 1. The molecule has 106 valence electrons. The lowest BCUT2D eigenvalue weighted by Gasteiger charge is -2.21. The first-order chi connectivity index (χ1) is 9.49. The third-order valence-electron chi connectivity index (χ3n) is 3.25. The van der Waals surface area contributed by atoms with Crippen LogP contribution in [0, 0.1) is 18.6 Å². The molecule has 2 atom stereocenters. The van der Waals surface area contributed by atoms with E-state index >= 15 is 0 Å². The van der Waals surface area contributed by atoms with Crippen LogP contribution < -0.4 is 5.32 Å². The van der Waals surface area contributed by atoms with E-state index in [4.69, 9.17) is 0 Å². The number of halogens is 2. The molecule has 2 unspecified atom stereocenters. The van der Waals surface area contributed by atoms with Crippen molar-refractivity contribution in [2.45, 2.75) is 32.9 Å². The first-order valence-corrected chi connectivity index (χ1v) is 6.47. The van der Waals surface area contributed by atoms with E-state index in [1.807, 2.05) is 13.8 Å². The summed E-state index contributed by atoms with van der Waals surface area (Å²) < 4.78 is 26.9. The molecule has 1 aromatic carbocycles. The molecule has 0 saturated heterocycles. The van der Waals surface area contributed by atoms with E-state index < -0.39 is 11.6 Å². The molecule has 20 heavy (non-hydrogen) atoms. The van der Waals surface area contributed by atoms with Gasteiger partial charge in [0.2, 0.25) is 0 Å². The molecule has 5 heteroatoms. The zero-order valence-electron chi connectivity index (χ0n) is 11.7. The highest BCUT2D eigenvalue weighted by atomic mass is 19.1. The first-order valence-electron chi connectivity index (χ1n) is 6.47. The molecule has 0 bridgehead atoms. The smallest absolute Gasteiger partial charge is 0.128 e. The molecule has 1 aromatic heterocycles. The van der Waals surface area contributed by atoms with Crippen molar-refractivity contribution in [1.29, 1.82) is 0 Å². The largest absolute Gasteiger partial charge is 0.302 e. The third kappa shape index (κ3) is 3.17. The van der Waals surface area contributed by atoms with Gasteiger partial charge < -0.3 is 5.32 Å². The summed E-state index contributed by atoms with van der Waals surface area (Å²) in [5.41, 5.74) is 1.92. The van der Waals surface area contributed by atoms with Crippen LogP contribution in [0.15, 0.2) is 30.6 Å². The SMILES string of the molecule is Cc1nccnc1C(C)NC(C)c1cc(F)ccc1F. The van der Waals surface area contributed by atoms with Crippen molar-refractivity contribution in [3.05, 3.63) is 59.2 Å². The second kappa shape index (κ2) is 6.05. The predicted molar refractivity (Wildman–Crippen MR) is 73.1 cm³/mol. The molecule has 2 rings (SSSR count). The highest BCUT2D eigenvalue weighted by Gasteiger charge is 2.17. The van der Waals surface area contributed by atoms with Gasteiger partial charge in [-0.3, -0.25) is 9.97 Å². The Balaban J connectivity index is 2.17. The molecule has 0 aliphatic rings. The lowest BCUT2D eigenvalue weighted by Crippen LogP contribution is -2.25. The second-order valence-corrected chi connectivity index (χ2v) is 4.80. The molecule has 0 amide bonds. The lowest BCUT2D eigenvalue weighted by molar-refractivity contribution is 0.461. The number of nitrogens with zero attached hydrogens (tertiary/aromatic N) is 2. The first kappa shape index (κ1) is 14.5. The number of nitrogens with one attached hydrogen (secondary N) is 1. The van der Waals surface area contributed by atoms with Gasteiger partial charge in [-0.05, 0) is 39.0 Å². The van der Waals surface area contributed by atoms with E-state index in [0.717, 1.165) is 23.5 Å². The van der Waals surface area contributed by atoms with E-state index in [2.05, 4.69) is 15.3 Å². The van der Waals surface area contributed by atoms with Crippen LogP contribution in [-0.4, -0.2) is 9.97 Å². The summed E-state index contributed by atoms with van der Waals surface area (Å²) in [6, 6.07) is 3.02. The standard InChI is InChI=1S/C15H17F2N3/c1-9(13-8-12(16)4-5-14(13)17)20-11(3)15-10(2)18-6-7-19-15/h4-9,11,20H,1-3H3. The third-order valence-corrected chi connectivity index (χ3v) is 3.25. The summed E-state index contributed by atoms with van der Waals surface area (Å²) in [6.07, 6.45) is 3.25. The number of hydrogen-bond acceptors (Lipinski definition) is 3. The Hall–Kier alpha value is -1.88. The Bertz CT molecular complexity index is 601. The Morgan fingerprint density at radius 1 is 1.05 bits per heavy atom. The van der Waals surface area contributed by atoms with Gasteiger partial charge in [0.05, 0.1) is 11.4 Å². The van der Waals surface area contributed by atoms with Crippen molar-refractivity contribution in [2.24, 2.45) is 0 Å². The fourth-order valence-corrected chi connectivity index (χ4v) is 2.23. The van der Waals surface area contributed by atoms with Gasteiger partial charge in [0, 0.05) is 30.0 Å². The maximum absolute atomic E-state index is 13.7. The molecule has 3 nitrogen and oxygen atoms in total. The molecule has 0 aliphatic carbocycles. The van der Waals surface area contributed by atoms with Gasteiger partial charge in [-0.15, -0.1) is 0 Å². The zero-order valence-corrected chi connectivity index (χ0v) is 11.7. The van der Waals surface area contributed by atoms with Crippen molar-refractivity contribution in [2.75, 3.05) is 0 Å². The lowest BCUT2D eigenvalue weighted by atomic mass is 10.1. The molecule has 0 saturated carbocycles. The van der Waals surface area contributed by atoms with E-state index in [1.54, 1.807) is 19.3 Å². The summed E-state index contributed by atoms with van der Waals surface area (Å²) in [6.45, 7) is 5.58. The fourth-order valence-electron chi connectivity index (χ4n) is 2.23. The van der Waals surface area contributed by atoms with Gasteiger partial charge in [0.1, 0.15) is 11.6 Å². The Labute approximate surface area is 117 Å². The van der Waals surface area contributed by atoms with Gasteiger partial charge >= 0.3 is 0 Å². The summed E-state index contributed by atoms with van der Waals surface area (Å²) in [7, 11) is 0. The molecule has 0 radical (unpaired) electrons. The Kier molecular flexibility index (Phi) is 4.39. The summed E-state index contributed by atoms with van der Waals surface area (Å²) in [5.74, 6) is -0.868. The number of aromatic nitrogens is 2. The van der Waals surface area contributed by atoms with Crippen molar-refractivity contribution in [1.82, 2.24) is 15.3 Å². The van der Waals surface area contributed by atoms with Gasteiger partial charge in [0.25, 0.3) is 0 Å². The van der Waals surface area contributed by atoms with Gasteiger partial charge in [-0.2, -0.15) is 0 Å². The highest BCUT2D eigenvalue weighted by Crippen LogP contribution is 2.22. The topological polar surface area (TPSA) is 37.8 Å². The van der Waals surface area contributed by atoms with Crippen molar-refractivity contribution < 1.29 is 8.78 Å². The van der Waals surface area contributed by atoms with Gasteiger partial charge in [0.15, 0.2) is 0 Å². The van der Waals surface area contributed by atoms with Crippen LogP contribution in [0.4, 0.5) is 8.78 Å². The molecular formula is C15H17F2N3. The number of aryl methyl sites for hydroxylation is 1. The molecule has 2 aromatic rings. The van der Waals surface area contributed by atoms with E-state index in [-0.39, 0.29) is 12.1 Å². The average Bonchev–Trinajstić information content (AvgIpc) is 2.41. The minimum atomic E-state index is -0.446. The van der Waals surface area contributed by atoms with Crippen LogP contribution in [0.1, 0.15) is 42.9 Å². The minimum absolute atomic E-state index is 0.110. The van der Waals surface area contributed by atoms with Crippen LogP contribution in [0.5, 0.6) is 0 Å². The van der Waals surface area contributed by atoms with E-state index in [9.17, 15) is 8.78 Å². The Morgan fingerprint density at radius 2 is 1.75 bits per heavy atom. The highest BCUT2D eigenvalue weighted by molar-refractivity contribution is 5.22. The number of benzene rings is 1. The van der Waals surface area contributed by atoms with Crippen molar-refractivity contribution in [3.63, 3.8) is 0 Å². The molecule has 1 N–H and O–H groups in total. The monoisotopic (exact) mass is 277 g/mol. The van der Waals surface area contributed by atoms with Crippen LogP contribution in [0.2, 0.25) is 0 Å². The van der Waals surface area contributed by atoms with E-state index in [0.29, 0.717) is 5.56 Å². The molecule has 0 aliphatic heterocycles. The summed E-state index contributed by atoms with van der Waals surface area (Å²) >= 11 is 0. The second-order valence-electron chi connectivity index (χ2n) is 4.80. The van der Waals surface area contributed by atoms with Crippen molar-refractivity contribution in [3.8, 4) is 0 Å². The van der Waals surface area contributed by atoms with Crippen LogP contribution in [-0.2, 0) is 0 Å². The summed E-state index contributed by atoms with van der Waals surface area (Å²) in [5, 5.41) is 3.21. The quantitative estimate of drug-likeness (QED) is 0.929. The zero-order chi connectivity index (χ0) is 14.7. The average molecular weight is 277 g/mol. The van der Waals surface area contributed by atoms with Crippen LogP contribution >= 0.6 is 0 Å². The Morgan fingerprint density at radius 3 is 2.45 bits per heavy atom. The van der Waals surface area contributed by atoms with Gasteiger partial charge in [-0.1, -0.05) is 0 Å². The molecule has 1 heterocycles. The predicted octanol–water partition coefficient (Wildman–Crippen LogP) is 3.48. The van der Waals surface area contributed by atoms with Crippen molar-refractivity contribution >= 4 is 0 Å². The molecular weight excluding hydrogens is 260 g/mol. The summed E-state index contributed by atoms with van der Waals surface area (Å²) in [4.78, 5) is 8.45. The molecule has 0 fully saturated rings. The molecule has 0 spiro atoms. The normalized spacial score (nSPS) is 14.1.